The minimum atomic E-state index is -0.712. The van der Waals surface area contributed by atoms with Crippen LogP contribution in [0.3, 0.4) is 0 Å². The zero-order valence-electron chi connectivity index (χ0n) is 13.9. The van der Waals surface area contributed by atoms with Gasteiger partial charge in [-0.2, -0.15) is 0 Å². The maximum absolute atomic E-state index is 11.9. The Morgan fingerprint density at radius 1 is 1.04 bits per heavy atom. The third-order valence-electron chi connectivity index (χ3n) is 3.74. The summed E-state index contributed by atoms with van der Waals surface area (Å²) in [6, 6.07) is 14.8. The predicted molar refractivity (Wildman–Crippen MR) is 93.6 cm³/mol. The number of rotatable bonds is 5. The van der Waals surface area contributed by atoms with E-state index in [1.807, 2.05) is 62.4 Å². The van der Waals surface area contributed by atoms with Crippen LogP contribution in [0, 0.1) is 13.8 Å². The second-order valence-corrected chi connectivity index (χ2v) is 5.74. The molecular weight excluding hydrogens is 304 g/mol. The minimum Gasteiger partial charge on any atom is -0.388 e. The molecule has 2 amide bonds. The number of carbonyl (C=O) groups is 2. The summed E-state index contributed by atoms with van der Waals surface area (Å²) < 4.78 is 0. The summed E-state index contributed by atoms with van der Waals surface area (Å²) >= 11 is 0. The Labute approximate surface area is 141 Å². The van der Waals surface area contributed by atoms with Gasteiger partial charge in [0.05, 0.1) is 6.10 Å². The van der Waals surface area contributed by atoms with Crippen molar-refractivity contribution in [3.05, 3.63) is 65.2 Å². The van der Waals surface area contributed by atoms with Gasteiger partial charge in [-0.15, -0.1) is 0 Å². The summed E-state index contributed by atoms with van der Waals surface area (Å²) in [6.07, 6.45) is -0.333. The fraction of sp³-hybridized carbons (Fsp3) is 0.263. The molecule has 3 N–H and O–H groups in total. The average Bonchev–Trinajstić information content (AvgIpc) is 2.58. The Balaban J connectivity index is 1.82. The monoisotopic (exact) mass is 326 g/mol. The largest absolute Gasteiger partial charge is 0.388 e. The fourth-order valence-corrected chi connectivity index (χ4v) is 2.29. The van der Waals surface area contributed by atoms with Gasteiger partial charge in [0.25, 0.3) is 0 Å². The number of hydrogen-bond donors (Lipinski definition) is 3. The Bertz CT molecular complexity index is 714. The van der Waals surface area contributed by atoms with E-state index in [-0.39, 0.29) is 6.54 Å². The van der Waals surface area contributed by atoms with Crippen molar-refractivity contribution in [3.63, 3.8) is 0 Å². The topological polar surface area (TPSA) is 78.4 Å². The van der Waals surface area contributed by atoms with Gasteiger partial charge in [0.15, 0.2) is 0 Å². The van der Waals surface area contributed by atoms with Crippen LogP contribution in [0.2, 0.25) is 0 Å². The lowest BCUT2D eigenvalue weighted by atomic mass is 10.1. The van der Waals surface area contributed by atoms with Crippen LogP contribution in [-0.4, -0.2) is 23.5 Å². The number of hydrogen-bond acceptors (Lipinski definition) is 3. The van der Waals surface area contributed by atoms with Gasteiger partial charge in [-0.25, -0.2) is 0 Å². The van der Waals surface area contributed by atoms with Crippen molar-refractivity contribution in [2.45, 2.75) is 26.4 Å². The maximum atomic E-state index is 11.9. The fourth-order valence-electron chi connectivity index (χ4n) is 2.29. The molecule has 0 saturated heterocycles. The summed E-state index contributed by atoms with van der Waals surface area (Å²) in [5.41, 5.74) is 3.30. The summed E-state index contributed by atoms with van der Waals surface area (Å²) in [6.45, 7) is 4.00. The third kappa shape index (κ3) is 4.93. The number of amides is 2. The first-order valence-corrected chi connectivity index (χ1v) is 7.87. The predicted octanol–water partition coefficient (Wildman–Crippen LogP) is 2.48. The number of aliphatic hydroxyl groups excluding tert-OH is 1. The number of benzene rings is 2. The molecule has 0 aliphatic carbocycles. The van der Waals surface area contributed by atoms with Crippen molar-refractivity contribution < 1.29 is 14.7 Å². The van der Waals surface area contributed by atoms with Crippen molar-refractivity contribution in [2.75, 3.05) is 11.9 Å². The first-order chi connectivity index (χ1) is 11.5. The number of carbonyl (C=O) groups excluding carboxylic acids is 2. The van der Waals surface area contributed by atoms with Crippen LogP contribution in [0.25, 0.3) is 0 Å². The van der Waals surface area contributed by atoms with E-state index in [0.717, 1.165) is 16.7 Å². The molecule has 0 spiro atoms. The van der Waals surface area contributed by atoms with Gasteiger partial charge < -0.3 is 15.7 Å². The smallest absolute Gasteiger partial charge is 0.313 e. The molecule has 0 radical (unpaired) electrons. The summed E-state index contributed by atoms with van der Waals surface area (Å²) in [4.78, 5) is 23.8. The Morgan fingerprint density at radius 3 is 2.46 bits per heavy atom. The molecule has 0 heterocycles. The molecule has 2 rings (SSSR count). The quantitative estimate of drug-likeness (QED) is 0.739. The van der Waals surface area contributed by atoms with Crippen LogP contribution in [0.5, 0.6) is 0 Å². The van der Waals surface area contributed by atoms with Crippen LogP contribution in [-0.2, 0) is 9.59 Å². The van der Waals surface area contributed by atoms with E-state index in [4.69, 9.17) is 0 Å². The Kier molecular flexibility index (Phi) is 6.09. The van der Waals surface area contributed by atoms with Crippen LogP contribution in [0.15, 0.2) is 48.5 Å². The van der Waals surface area contributed by atoms with Gasteiger partial charge in [-0.3, -0.25) is 9.59 Å². The van der Waals surface area contributed by atoms with E-state index in [0.29, 0.717) is 12.1 Å². The number of aryl methyl sites for hydroxylation is 2. The summed E-state index contributed by atoms with van der Waals surface area (Å²) in [5, 5.41) is 15.2. The normalized spacial score (nSPS) is 11.6. The summed E-state index contributed by atoms with van der Waals surface area (Å²) in [7, 11) is 0. The molecule has 2 aromatic carbocycles. The van der Waals surface area contributed by atoms with Crippen LogP contribution in [0.1, 0.15) is 29.2 Å². The highest BCUT2D eigenvalue weighted by molar-refractivity contribution is 6.39. The Morgan fingerprint density at radius 2 is 1.75 bits per heavy atom. The number of anilines is 1. The second kappa shape index (κ2) is 8.26. The van der Waals surface area contributed by atoms with Gasteiger partial charge in [0.2, 0.25) is 0 Å². The van der Waals surface area contributed by atoms with Gasteiger partial charge in [-0.1, -0.05) is 42.5 Å². The zero-order chi connectivity index (χ0) is 17.5. The molecular formula is C19H22N2O3. The highest BCUT2D eigenvalue weighted by atomic mass is 16.3. The van der Waals surface area contributed by atoms with Gasteiger partial charge in [0.1, 0.15) is 0 Å². The highest BCUT2D eigenvalue weighted by Crippen LogP contribution is 2.16. The van der Waals surface area contributed by atoms with E-state index in [1.165, 1.54) is 0 Å². The van der Waals surface area contributed by atoms with E-state index in [1.54, 1.807) is 0 Å². The third-order valence-corrected chi connectivity index (χ3v) is 3.74. The summed E-state index contributed by atoms with van der Waals surface area (Å²) in [5.74, 6) is -1.42. The average molecular weight is 326 g/mol. The number of aliphatic hydroxyl groups is 1. The molecule has 0 aliphatic heterocycles. The van der Waals surface area contributed by atoms with E-state index >= 15 is 0 Å². The van der Waals surface area contributed by atoms with Crippen molar-refractivity contribution >= 4 is 17.5 Å². The Hall–Kier alpha value is -2.66. The molecule has 126 valence electrons. The van der Waals surface area contributed by atoms with Crippen molar-refractivity contribution in [1.82, 2.24) is 5.32 Å². The van der Waals surface area contributed by atoms with Crippen LogP contribution in [0.4, 0.5) is 5.69 Å². The molecule has 5 nitrogen and oxygen atoms in total. The molecule has 0 bridgehead atoms. The number of nitrogens with one attached hydrogen (secondary N) is 2. The highest BCUT2D eigenvalue weighted by Gasteiger charge is 2.15. The first-order valence-electron chi connectivity index (χ1n) is 7.87. The van der Waals surface area contributed by atoms with Crippen molar-refractivity contribution in [1.29, 1.82) is 0 Å². The van der Waals surface area contributed by atoms with Gasteiger partial charge in [-0.05, 0) is 43.0 Å². The lowest BCUT2D eigenvalue weighted by molar-refractivity contribution is -0.136. The van der Waals surface area contributed by atoms with Crippen LogP contribution < -0.4 is 10.6 Å². The molecule has 24 heavy (non-hydrogen) atoms. The lowest BCUT2D eigenvalue weighted by Crippen LogP contribution is -2.36. The zero-order valence-corrected chi connectivity index (χ0v) is 13.9. The molecule has 0 aliphatic rings. The second-order valence-electron chi connectivity index (χ2n) is 5.74. The molecule has 1 unspecified atom stereocenters. The van der Waals surface area contributed by atoms with E-state index in [9.17, 15) is 14.7 Å². The minimum absolute atomic E-state index is 0.217. The molecule has 2 aromatic rings. The lowest BCUT2D eigenvalue weighted by Gasteiger charge is -2.12. The van der Waals surface area contributed by atoms with Gasteiger partial charge >= 0.3 is 11.8 Å². The van der Waals surface area contributed by atoms with E-state index in [2.05, 4.69) is 10.6 Å². The van der Waals surface area contributed by atoms with Crippen LogP contribution >= 0.6 is 0 Å². The molecule has 1 atom stereocenters. The maximum Gasteiger partial charge on any atom is 0.313 e. The van der Waals surface area contributed by atoms with Gasteiger partial charge in [0, 0.05) is 12.2 Å². The van der Waals surface area contributed by atoms with Crippen molar-refractivity contribution in [3.8, 4) is 0 Å². The first kappa shape index (κ1) is 17.7. The van der Waals surface area contributed by atoms with Crippen molar-refractivity contribution in [2.24, 2.45) is 0 Å². The van der Waals surface area contributed by atoms with E-state index < -0.39 is 17.9 Å². The molecule has 0 saturated carbocycles. The standard InChI is InChI=1S/C19H22N2O3/c1-13-8-9-14(2)16(12-13)21-19(24)18(23)20-11-10-17(22)15-6-4-3-5-7-15/h3-9,12,17,22H,10-11H2,1-2H3,(H,20,23)(H,21,24). The molecule has 0 aromatic heterocycles. The molecule has 0 fully saturated rings. The molecule has 5 heteroatoms. The SMILES string of the molecule is Cc1ccc(C)c(NC(=O)C(=O)NCCC(O)c2ccccc2)c1.